The normalized spacial score (nSPS) is 12.4. The van der Waals surface area contributed by atoms with Crippen molar-refractivity contribution in [1.82, 2.24) is 9.55 Å². The van der Waals surface area contributed by atoms with Gasteiger partial charge in [0.25, 0.3) is 0 Å². The molecule has 0 radical (unpaired) electrons. The number of aromatic nitrogens is 2. The zero-order valence-corrected chi connectivity index (χ0v) is 25.5. The van der Waals surface area contributed by atoms with E-state index in [1.54, 1.807) is 0 Å². The maximum Gasteiger partial charge on any atom is 0.135 e. The predicted octanol–water partition coefficient (Wildman–Crippen LogP) is 9.29. The third-order valence-electron chi connectivity index (χ3n) is 7.66. The molecule has 7 aromatic rings. The van der Waals surface area contributed by atoms with Crippen LogP contribution in [0.2, 0.25) is 0 Å². The van der Waals surface area contributed by atoms with Crippen LogP contribution in [0.1, 0.15) is 5.56 Å². The quantitative estimate of drug-likeness (QED) is 0.165. The maximum absolute atomic E-state index is 6.50. The van der Waals surface area contributed by atoms with Gasteiger partial charge in [-0.25, -0.2) is 4.98 Å². The summed E-state index contributed by atoms with van der Waals surface area (Å²) in [6, 6.07) is 48.4. The molecule has 0 fully saturated rings. The molecule has 1 aliphatic heterocycles. The van der Waals surface area contributed by atoms with Crippen LogP contribution >= 0.6 is 0 Å². The third kappa shape index (κ3) is 4.67. The van der Waals surface area contributed by atoms with E-state index in [1.165, 1.54) is 0 Å². The van der Waals surface area contributed by atoms with E-state index < -0.39 is 0 Å². The summed E-state index contributed by atoms with van der Waals surface area (Å²) >= 11 is 0. The minimum Gasteiger partial charge on any atom is -0.509 e. The molecule has 212 valence electrons. The Bertz CT molecular complexity index is 2070. The van der Waals surface area contributed by atoms with E-state index in [9.17, 15) is 0 Å². The van der Waals surface area contributed by atoms with Gasteiger partial charge in [0.15, 0.2) is 0 Å². The number of anilines is 4. The van der Waals surface area contributed by atoms with E-state index >= 15 is 0 Å². The number of aryl methyl sites for hydroxylation is 1. The molecule has 0 aliphatic carbocycles. The molecule has 43 heavy (non-hydrogen) atoms. The molecule has 1 aliphatic rings. The Morgan fingerprint density at radius 3 is 2.23 bits per heavy atom. The smallest absolute Gasteiger partial charge is 0.135 e. The molecule has 3 heterocycles. The molecule has 8 rings (SSSR count). The molecular formula is C37H25N4OPt-3. The standard InChI is InChI=1S/C37H25N4O.Pt/c1-26-18-19-28(40-25-39(27-11-3-2-4-12-27)33-15-7-8-16-34(33)40)23-36(26)42-29-20-21-31-30-13-5-6-14-32(30)41(35(31)24-29)37-17-9-10-22-38-37;/h2-22,25H,1H3;/q-3;. The van der Waals surface area contributed by atoms with Crippen molar-refractivity contribution in [2.45, 2.75) is 6.92 Å². The van der Waals surface area contributed by atoms with Gasteiger partial charge in [0.1, 0.15) is 5.82 Å². The van der Waals surface area contributed by atoms with Crippen LogP contribution in [-0.2, 0) is 21.1 Å². The number of para-hydroxylation sites is 4. The maximum atomic E-state index is 6.50. The molecule has 0 saturated carbocycles. The van der Waals surface area contributed by atoms with Gasteiger partial charge in [-0.1, -0.05) is 67.0 Å². The number of rotatable bonds is 5. The molecule has 0 spiro atoms. The van der Waals surface area contributed by atoms with E-state index in [0.717, 1.165) is 55.9 Å². The Morgan fingerprint density at radius 1 is 0.674 bits per heavy atom. The van der Waals surface area contributed by atoms with Crippen molar-refractivity contribution in [3.05, 3.63) is 152 Å². The summed E-state index contributed by atoms with van der Waals surface area (Å²) in [5.41, 5.74) is 7.18. The van der Waals surface area contributed by atoms with Crippen molar-refractivity contribution >= 4 is 44.6 Å². The van der Waals surface area contributed by atoms with Gasteiger partial charge in [-0.3, -0.25) is 0 Å². The van der Waals surface area contributed by atoms with Gasteiger partial charge < -0.3 is 19.1 Å². The first-order chi connectivity index (χ1) is 20.7. The second kappa shape index (κ2) is 11.1. The summed E-state index contributed by atoms with van der Waals surface area (Å²) in [6.07, 6.45) is 1.81. The molecule has 6 heteroatoms. The van der Waals surface area contributed by atoms with Crippen molar-refractivity contribution < 1.29 is 25.8 Å². The van der Waals surface area contributed by atoms with Gasteiger partial charge in [-0.05, 0) is 47.9 Å². The summed E-state index contributed by atoms with van der Waals surface area (Å²) in [4.78, 5) is 8.98. The largest absolute Gasteiger partial charge is 0.509 e. The number of benzene rings is 5. The van der Waals surface area contributed by atoms with Crippen molar-refractivity contribution in [3.63, 3.8) is 0 Å². The molecule has 0 unspecified atom stereocenters. The fraction of sp³-hybridized carbons (Fsp3) is 0.0270. The predicted molar refractivity (Wildman–Crippen MR) is 169 cm³/mol. The van der Waals surface area contributed by atoms with Crippen LogP contribution < -0.4 is 14.5 Å². The van der Waals surface area contributed by atoms with Crippen LogP contribution in [0.5, 0.6) is 11.5 Å². The van der Waals surface area contributed by atoms with Crippen molar-refractivity contribution in [2.24, 2.45) is 0 Å². The number of hydrogen-bond acceptors (Lipinski definition) is 4. The number of nitrogens with zero attached hydrogens (tertiary/aromatic N) is 4. The minimum absolute atomic E-state index is 0. The number of hydrogen-bond donors (Lipinski definition) is 0. The molecule has 0 bridgehead atoms. The Kier molecular flexibility index (Phi) is 6.96. The van der Waals surface area contributed by atoms with Crippen molar-refractivity contribution in [3.8, 4) is 17.3 Å². The first kappa shape index (κ1) is 27.0. The number of fused-ring (bicyclic) bond motifs is 4. The Balaban J connectivity index is 0.00000300. The van der Waals surface area contributed by atoms with Crippen LogP contribution in [0.15, 0.2) is 128 Å². The van der Waals surface area contributed by atoms with Gasteiger partial charge in [0.2, 0.25) is 0 Å². The van der Waals surface area contributed by atoms with E-state index in [0.29, 0.717) is 11.5 Å². The number of ether oxygens (including phenoxy) is 1. The zero-order valence-electron chi connectivity index (χ0n) is 23.2. The summed E-state index contributed by atoms with van der Waals surface area (Å²) in [6.45, 7) is 4.14. The zero-order chi connectivity index (χ0) is 28.0. The summed E-state index contributed by atoms with van der Waals surface area (Å²) in [5.74, 6) is 2.12. The average molecular weight is 737 g/mol. The monoisotopic (exact) mass is 736 g/mol. The fourth-order valence-electron chi connectivity index (χ4n) is 5.65. The van der Waals surface area contributed by atoms with Gasteiger partial charge in [0.05, 0.1) is 0 Å². The minimum atomic E-state index is 0. The second-order valence-electron chi connectivity index (χ2n) is 10.3. The topological polar surface area (TPSA) is 33.5 Å². The average Bonchev–Trinajstić information content (AvgIpc) is 3.59. The Hall–Kier alpha value is -4.86. The fourth-order valence-corrected chi connectivity index (χ4v) is 5.65. The molecule has 0 N–H and O–H groups in total. The van der Waals surface area contributed by atoms with Crippen LogP contribution in [-0.4, -0.2) is 9.55 Å². The van der Waals surface area contributed by atoms with Gasteiger partial charge in [0, 0.05) is 61.3 Å². The molecule has 2 aromatic heterocycles. The van der Waals surface area contributed by atoms with Gasteiger partial charge in [-0.15, -0.1) is 47.6 Å². The van der Waals surface area contributed by atoms with E-state index in [2.05, 4.69) is 123 Å². The van der Waals surface area contributed by atoms with Crippen LogP contribution in [0.4, 0.5) is 22.7 Å². The third-order valence-corrected chi connectivity index (χ3v) is 7.66. The molecule has 0 saturated heterocycles. The summed E-state index contributed by atoms with van der Waals surface area (Å²) < 4.78 is 8.64. The first-order valence-corrected chi connectivity index (χ1v) is 13.9. The second-order valence-corrected chi connectivity index (χ2v) is 10.3. The summed E-state index contributed by atoms with van der Waals surface area (Å²) in [7, 11) is 0. The molecule has 0 amide bonds. The van der Waals surface area contributed by atoms with Crippen LogP contribution in [0.3, 0.4) is 0 Å². The van der Waals surface area contributed by atoms with Gasteiger partial charge in [-0.2, -0.15) is 12.1 Å². The van der Waals surface area contributed by atoms with Crippen molar-refractivity contribution in [1.29, 1.82) is 0 Å². The van der Waals surface area contributed by atoms with E-state index in [-0.39, 0.29) is 21.1 Å². The molecule has 5 nitrogen and oxygen atoms in total. The summed E-state index contributed by atoms with van der Waals surface area (Å²) in [5, 5.41) is 2.25. The Morgan fingerprint density at radius 2 is 1.42 bits per heavy atom. The van der Waals surface area contributed by atoms with Crippen LogP contribution in [0, 0.1) is 25.7 Å². The SMILES string of the molecule is Cc1ccc(N2[CH-]N(c3ccccc3)c3ccccc32)[c-]c1Oc1[c-]c2c(cc1)c1ccccc1n2-c1ccccn1.[Pt]. The van der Waals surface area contributed by atoms with Crippen LogP contribution in [0.25, 0.3) is 27.6 Å². The molecular weight excluding hydrogens is 712 g/mol. The van der Waals surface area contributed by atoms with E-state index in [1.807, 2.05) is 49.5 Å². The molecule has 0 atom stereocenters. The first-order valence-electron chi connectivity index (χ1n) is 13.9. The van der Waals surface area contributed by atoms with Gasteiger partial charge >= 0.3 is 0 Å². The van der Waals surface area contributed by atoms with E-state index in [4.69, 9.17) is 4.74 Å². The molecule has 5 aromatic carbocycles. The Labute approximate surface area is 264 Å². The number of pyridine rings is 1. The van der Waals surface area contributed by atoms with Crippen molar-refractivity contribution in [2.75, 3.05) is 9.80 Å².